The number of oxazole rings is 1. The molecule has 7 aromatic rings. The number of furan rings is 1. The molecule has 1 radical (unpaired) electrons. The molecule has 0 spiro atoms. The second kappa shape index (κ2) is 13.0. The SMILES string of the molecule is CC(C)(C)c1ccc(-c2[c-]cccc2)nc1.[2H]C([2H])([2H])c1c[c-]c(-c2cc(C(C)(C)C)ncn2)c2oc3cc4nc(C(C)(C)C)oc4cc3c12.[Ir]. The van der Waals surface area contributed by atoms with Crippen LogP contribution in [0.25, 0.3) is 55.6 Å². The first-order chi connectivity index (χ1) is 23.3. The number of benzene rings is 3. The summed E-state index contributed by atoms with van der Waals surface area (Å²) in [6.45, 7) is 16.5. The summed E-state index contributed by atoms with van der Waals surface area (Å²) in [6, 6.07) is 25.5. The van der Waals surface area contributed by atoms with E-state index >= 15 is 0 Å². The summed E-state index contributed by atoms with van der Waals surface area (Å²) in [5.41, 5.74) is 7.46. The summed E-state index contributed by atoms with van der Waals surface area (Å²) >= 11 is 0. The maximum absolute atomic E-state index is 8.12. The number of aromatic nitrogens is 4. The van der Waals surface area contributed by atoms with Crippen molar-refractivity contribution in [3.8, 4) is 22.5 Å². The van der Waals surface area contributed by atoms with Gasteiger partial charge in [0.15, 0.2) is 5.58 Å². The molecule has 48 heavy (non-hydrogen) atoms. The summed E-state index contributed by atoms with van der Waals surface area (Å²) in [5.74, 6) is 0.611. The zero-order chi connectivity index (χ0) is 36.2. The molecule has 0 saturated carbocycles. The van der Waals surface area contributed by atoms with E-state index in [1.54, 1.807) is 6.07 Å². The molecule has 249 valence electrons. The van der Waals surface area contributed by atoms with E-state index in [1.165, 1.54) is 18.0 Å². The first-order valence-corrected chi connectivity index (χ1v) is 15.8. The minimum absolute atomic E-state index is 0. The van der Waals surface area contributed by atoms with Crippen LogP contribution in [-0.2, 0) is 36.4 Å². The van der Waals surface area contributed by atoms with E-state index in [2.05, 4.69) is 85.7 Å². The van der Waals surface area contributed by atoms with Gasteiger partial charge in [0.25, 0.3) is 0 Å². The predicted molar refractivity (Wildman–Crippen MR) is 190 cm³/mol. The standard InChI is InChI=1S/C26H26N3O2.C15H16N.Ir/c1-14-8-9-15(17-12-21(25(2,3)4)28-13-27-17)23-22(14)16-10-20-18(11-19(16)30-23)29-24(31-20)26(5,6)7;1-15(2,3)13-9-10-14(16-11-13)12-7-5-4-6-8-12;/h8,10-13H,1-7H3;4-7,9-11H,1-3H3;/q2*-1;/i1D3;;. The summed E-state index contributed by atoms with van der Waals surface area (Å²) in [7, 11) is 0. The van der Waals surface area contributed by atoms with Crippen LogP contribution < -0.4 is 0 Å². The van der Waals surface area contributed by atoms with Gasteiger partial charge < -0.3 is 13.8 Å². The predicted octanol–water partition coefficient (Wildman–Crippen LogP) is 10.7. The van der Waals surface area contributed by atoms with Gasteiger partial charge in [-0.1, -0.05) is 98.3 Å². The van der Waals surface area contributed by atoms with E-state index in [0.29, 0.717) is 50.2 Å². The van der Waals surface area contributed by atoms with Gasteiger partial charge in [-0.05, 0) is 28.4 Å². The van der Waals surface area contributed by atoms with Gasteiger partial charge >= 0.3 is 0 Å². The van der Waals surface area contributed by atoms with E-state index in [9.17, 15) is 0 Å². The Labute approximate surface area is 301 Å². The van der Waals surface area contributed by atoms with Gasteiger partial charge in [0.2, 0.25) is 5.89 Å². The van der Waals surface area contributed by atoms with Crippen molar-refractivity contribution in [2.45, 2.75) is 85.4 Å². The Kier molecular flexibility index (Phi) is 8.44. The quantitative estimate of drug-likeness (QED) is 0.162. The molecule has 0 aliphatic rings. The van der Waals surface area contributed by atoms with Crippen LogP contribution in [-0.4, -0.2) is 19.9 Å². The number of hydrogen-bond acceptors (Lipinski definition) is 6. The number of hydrogen-bond donors (Lipinski definition) is 0. The fraction of sp³-hybridized carbons (Fsp3) is 0.317. The Morgan fingerprint density at radius 1 is 0.750 bits per heavy atom. The Morgan fingerprint density at radius 3 is 2.17 bits per heavy atom. The molecule has 0 aliphatic carbocycles. The van der Waals surface area contributed by atoms with Crippen LogP contribution in [0.2, 0.25) is 0 Å². The Hall–Kier alpha value is -4.19. The zero-order valence-electron chi connectivity index (χ0n) is 31.9. The molecule has 0 amide bonds. The fourth-order valence-electron chi connectivity index (χ4n) is 5.21. The number of fused-ring (bicyclic) bond motifs is 4. The fourth-order valence-corrected chi connectivity index (χ4v) is 5.21. The molecular formula is C41H42IrN4O2-2. The van der Waals surface area contributed by atoms with Gasteiger partial charge in [-0.2, -0.15) is 0 Å². The topological polar surface area (TPSA) is 77.8 Å². The van der Waals surface area contributed by atoms with Crippen LogP contribution in [0.15, 0.2) is 82.0 Å². The molecule has 0 saturated heterocycles. The molecule has 0 unspecified atom stereocenters. The third-order valence-corrected chi connectivity index (χ3v) is 8.00. The van der Waals surface area contributed by atoms with Gasteiger partial charge in [-0.3, -0.25) is 4.98 Å². The molecule has 6 nitrogen and oxygen atoms in total. The van der Waals surface area contributed by atoms with Gasteiger partial charge in [-0.15, -0.1) is 53.6 Å². The summed E-state index contributed by atoms with van der Waals surface area (Å²) in [6.07, 6.45) is 3.47. The molecular weight excluding hydrogens is 773 g/mol. The van der Waals surface area contributed by atoms with Crippen LogP contribution >= 0.6 is 0 Å². The second-order valence-electron chi connectivity index (χ2n) is 15.0. The van der Waals surface area contributed by atoms with Gasteiger partial charge in [0.05, 0.1) is 5.58 Å². The van der Waals surface area contributed by atoms with Crippen LogP contribution in [0.3, 0.4) is 0 Å². The molecule has 7 rings (SSSR count). The normalized spacial score (nSPS) is 13.4. The van der Waals surface area contributed by atoms with Crippen molar-refractivity contribution in [2.75, 3.05) is 0 Å². The number of pyridine rings is 1. The van der Waals surface area contributed by atoms with Crippen LogP contribution in [0.5, 0.6) is 0 Å². The van der Waals surface area contributed by atoms with Crippen molar-refractivity contribution >= 4 is 33.0 Å². The van der Waals surface area contributed by atoms with Crippen molar-refractivity contribution in [1.82, 2.24) is 19.9 Å². The summed E-state index contributed by atoms with van der Waals surface area (Å²) in [5, 5.41) is 1.17. The number of nitrogens with zero attached hydrogens (tertiary/aromatic N) is 4. The van der Waals surface area contributed by atoms with E-state index < -0.39 is 6.85 Å². The van der Waals surface area contributed by atoms with Crippen molar-refractivity contribution in [3.63, 3.8) is 0 Å². The van der Waals surface area contributed by atoms with Gasteiger partial charge in [0.1, 0.15) is 17.4 Å². The third kappa shape index (κ3) is 7.13. The zero-order valence-corrected chi connectivity index (χ0v) is 31.3. The Morgan fingerprint density at radius 2 is 1.54 bits per heavy atom. The average molecular weight is 818 g/mol. The number of rotatable bonds is 2. The third-order valence-electron chi connectivity index (χ3n) is 8.00. The van der Waals surface area contributed by atoms with Gasteiger partial charge in [-0.25, -0.2) is 9.97 Å². The maximum atomic E-state index is 8.12. The Balaban J connectivity index is 0.000000249. The van der Waals surface area contributed by atoms with E-state index in [4.69, 9.17) is 12.9 Å². The minimum atomic E-state index is -2.35. The van der Waals surface area contributed by atoms with E-state index in [1.807, 2.05) is 63.4 Å². The molecule has 0 fully saturated rings. The second-order valence-corrected chi connectivity index (χ2v) is 15.0. The van der Waals surface area contributed by atoms with Crippen molar-refractivity contribution < 1.29 is 33.1 Å². The van der Waals surface area contributed by atoms with E-state index in [-0.39, 0.29) is 41.9 Å². The van der Waals surface area contributed by atoms with Crippen LogP contribution in [0.1, 0.15) is 89.1 Å². The van der Waals surface area contributed by atoms with Crippen molar-refractivity contribution in [1.29, 1.82) is 0 Å². The molecule has 0 N–H and O–H groups in total. The molecule has 7 heteroatoms. The molecule has 0 bridgehead atoms. The first-order valence-electron chi connectivity index (χ1n) is 17.3. The van der Waals surface area contributed by atoms with E-state index in [0.717, 1.165) is 17.0 Å². The number of aryl methyl sites for hydroxylation is 1. The largest absolute Gasteiger partial charge is 0.501 e. The molecule has 3 aromatic carbocycles. The van der Waals surface area contributed by atoms with Crippen molar-refractivity contribution in [2.24, 2.45) is 0 Å². The summed E-state index contributed by atoms with van der Waals surface area (Å²) in [4.78, 5) is 18.0. The monoisotopic (exact) mass is 818 g/mol. The summed E-state index contributed by atoms with van der Waals surface area (Å²) < 4.78 is 36.7. The molecule has 0 aliphatic heterocycles. The van der Waals surface area contributed by atoms with Crippen LogP contribution in [0, 0.1) is 19.0 Å². The smallest absolute Gasteiger partial charge is 0.200 e. The first kappa shape index (κ1) is 31.1. The minimum Gasteiger partial charge on any atom is -0.501 e. The van der Waals surface area contributed by atoms with Crippen LogP contribution in [0.4, 0.5) is 0 Å². The average Bonchev–Trinajstić information content (AvgIpc) is 3.64. The molecule has 4 aromatic heterocycles. The molecule has 0 atom stereocenters. The Bertz CT molecular complexity index is 2310. The maximum Gasteiger partial charge on any atom is 0.200 e. The van der Waals surface area contributed by atoms with Crippen molar-refractivity contribution in [3.05, 3.63) is 108 Å². The van der Waals surface area contributed by atoms with Gasteiger partial charge in [0, 0.05) is 58.4 Å². The molecule has 4 heterocycles.